The first-order valence-electron chi connectivity index (χ1n) is 11.3. The maximum Gasteiger partial charge on any atom is 0.416 e. The summed E-state index contributed by atoms with van der Waals surface area (Å²) < 4.78 is 49.5. The number of hydrogen-bond acceptors (Lipinski definition) is 8. The highest BCUT2D eigenvalue weighted by Gasteiger charge is 2.36. The monoisotopic (exact) mass is 573 g/mol. The molecule has 40 heavy (non-hydrogen) atoms. The second kappa shape index (κ2) is 11.5. The molecule has 0 unspecified atom stereocenters. The highest BCUT2D eigenvalue weighted by molar-refractivity contribution is 8.18. The highest BCUT2D eigenvalue weighted by atomic mass is 32.2. The number of amides is 3. The number of nitrogens with one attached hydrogen (secondary N) is 1. The average Bonchev–Trinajstić information content (AvgIpc) is 3.15. The van der Waals surface area contributed by atoms with E-state index < -0.39 is 51.7 Å². The number of thioether (sulfide) groups is 1. The topological polar surface area (TPSA) is 128 Å². The van der Waals surface area contributed by atoms with Gasteiger partial charge in [-0.25, -0.2) is 0 Å². The second-order valence-corrected chi connectivity index (χ2v) is 9.12. The van der Waals surface area contributed by atoms with E-state index in [1.807, 2.05) is 0 Å². The summed E-state index contributed by atoms with van der Waals surface area (Å²) in [5, 5.41) is 13.2. The van der Waals surface area contributed by atoms with Gasteiger partial charge >= 0.3 is 11.9 Å². The van der Waals surface area contributed by atoms with E-state index in [1.165, 1.54) is 31.4 Å². The van der Waals surface area contributed by atoms with Crippen LogP contribution in [0.5, 0.6) is 17.2 Å². The molecule has 1 N–H and O–H groups in total. The predicted octanol–water partition coefficient (Wildman–Crippen LogP) is 6.09. The number of halogens is 3. The molecule has 1 saturated heterocycles. The van der Waals surface area contributed by atoms with Crippen LogP contribution in [-0.2, 0) is 15.8 Å². The SMILES string of the molecule is COc1ccccc1NC(=O)CN1C(=O)S/C(=C/c2cccc(Oc3ccc(C(F)(F)F)cc3[N+](=O)[O-])c2)C1=O. The number of rotatable bonds is 8. The summed E-state index contributed by atoms with van der Waals surface area (Å²) in [5.74, 6) is -1.33. The maximum atomic E-state index is 13.0. The summed E-state index contributed by atoms with van der Waals surface area (Å²) in [6.45, 7) is -0.541. The van der Waals surface area contributed by atoms with Gasteiger partial charge in [-0.3, -0.25) is 29.4 Å². The van der Waals surface area contributed by atoms with Crippen molar-refractivity contribution in [3.63, 3.8) is 0 Å². The molecule has 0 spiro atoms. The molecule has 0 aliphatic carbocycles. The van der Waals surface area contributed by atoms with Gasteiger partial charge < -0.3 is 14.8 Å². The number of hydrogen-bond donors (Lipinski definition) is 1. The second-order valence-electron chi connectivity index (χ2n) is 8.13. The number of methoxy groups -OCH3 is 1. The van der Waals surface area contributed by atoms with Crippen molar-refractivity contribution in [1.82, 2.24) is 4.90 Å². The number of nitro benzene ring substituents is 1. The van der Waals surface area contributed by atoms with E-state index in [9.17, 15) is 37.7 Å². The highest BCUT2D eigenvalue weighted by Crippen LogP contribution is 2.38. The Labute approximate surface area is 228 Å². The predicted molar refractivity (Wildman–Crippen MR) is 139 cm³/mol. The molecule has 3 amide bonds. The zero-order chi connectivity index (χ0) is 29.0. The molecule has 0 bridgehead atoms. The minimum atomic E-state index is -4.78. The first-order chi connectivity index (χ1) is 19.0. The van der Waals surface area contributed by atoms with Gasteiger partial charge in [-0.1, -0.05) is 24.3 Å². The molecule has 1 aliphatic rings. The lowest BCUT2D eigenvalue weighted by Crippen LogP contribution is -2.36. The van der Waals surface area contributed by atoms with Crippen molar-refractivity contribution < 1.29 is 42.0 Å². The van der Waals surface area contributed by atoms with Crippen molar-refractivity contribution in [2.45, 2.75) is 6.18 Å². The number of para-hydroxylation sites is 2. The van der Waals surface area contributed by atoms with Crippen molar-refractivity contribution in [3.05, 3.63) is 92.9 Å². The zero-order valence-electron chi connectivity index (χ0n) is 20.4. The summed E-state index contributed by atoms with van der Waals surface area (Å²) in [5.41, 5.74) is -1.36. The molecule has 10 nitrogen and oxygen atoms in total. The number of benzene rings is 3. The Bertz CT molecular complexity index is 1540. The molecule has 0 saturated carbocycles. The van der Waals surface area contributed by atoms with Crippen LogP contribution in [0.25, 0.3) is 6.08 Å². The van der Waals surface area contributed by atoms with E-state index in [1.54, 1.807) is 30.3 Å². The Morgan fingerprint density at radius 2 is 1.82 bits per heavy atom. The van der Waals surface area contributed by atoms with Crippen molar-refractivity contribution in [2.24, 2.45) is 0 Å². The fourth-order valence-corrected chi connectivity index (χ4v) is 4.42. The lowest BCUT2D eigenvalue weighted by Gasteiger charge is -2.14. The fourth-order valence-electron chi connectivity index (χ4n) is 3.59. The molecule has 3 aromatic carbocycles. The Hall–Kier alpha value is -4.85. The largest absolute Gasteiger partial charge is 0.495 e. The number of carbonyl (C=O) groups is 3. The number of imide groups is 1. The quantitative estimate of drug-likeness (QED) is 0.195. The van der Waals surface area contributed by atoms with Gasteiger partial charge in [-0.05, 0) is 59.8 Å². The van der Waals surface area contributed by atoms with Crippen LogP contribution < -0.4 is 14.8 Å². The maximum absolute atomic E-state index is 13.0. The van der Waals surface area contributed by atoms with Gasteiger partial charge in [-0.15, -0.1) is 0 Å². The van der Waals surface area contributed by atoms with E-state index in [4.69, 9.17) is 9.47 Å². The third-order valence-corrected chi connectivity index (χ3v) is 6.33. The van der Waals surface area contributed by atoms with E-state index in [0.29, 0.717) is 40.9 Å². The number of ether oxygens (including phenoxy) is 2. The molecular weight excluding hydrogens is 555 g/mol. The average molecular weight is 574 g/mol. The molecule has 206 valence electrons. The van der Waals surface area contributed by atoms with Gasteiger partial charge in [0.25, 0.3) is 11.1 Å². The van der Waals surface area contributed by atoms with Crippen molar-refractivity contribution in [3.8, 4) is 17.2 Å². The molecule has 4 rings (SSSR count). The smallest absolute Gasteiger partial charge is 0.416 e. The normalized spacial score (nSPS) is 14.4. The van der Waals surface area contributed by atoms with Gasteiger partial charge in [0.2, 0.25) is 11.7 Å². The van der Waals surface area contributed by atoms with Crippen LogP contribution in [-0.4, -0.2) is 40.5 Å². The Kier molecular flexibility index (Phi) is 8.09. The van der Waals surface area contributed by atoms with Gasteiger partial charge in [0, 0.05) is 6.07 Å². The van der Waals surface area contributed by atoms with Gasteiger partial charge in [0.1, 0.15) is 18.0 Å². The minimum Gasteiger partial charge on any atom is -0.495 e. The summed E-state index contributed by atoms with van der Waals surface area (Å²) in [7, 11) is 1.43. The lowest BCUT2D eigenvalue weighted by molar-refractivity contribution is -0.385. The van der Waals surface area contributed by atoms with E-state index in [0.717, 1.165) is 11.0 Å². The number of alkyl halides is 3. The summed E-state index contributed by atoms with van der Waals surface area (Å²) in [6.07, 6.45) is -3.42. The number of nitro groups is 1. The van der Waals surface area contributed by atoms with E-state index in [-0.39, 0.29) is 10.7 Å². The third kappa shape index (κ3) is 6.40. The summed E-state index contributed by atoms with van der Waals surface area (Å²) in [4.78, 5) is 48.9. The molecule has 0 radical (unpaired) electrons. The van der Waals surface area contributed by atoms with Crippen LogP contribution in [0.4, 0.5) is 29.3 Å². The van der Waals surface area contributed by atoms with Crippen LogP contribution in [0.2, 0.25) is 0 Å². The zero-order valence-corrected chi connectivity index (χ0v) is 21.2. The van der Waals surface area contributed by atoms with Crippen LogP contribution in [0.3, 0.4) is 0 Å². The Balaban J connectivity index is 1.49. The molecule has 0 atom stereocenters. The molecule has 3 aromatic rings. The van der Waals surface area contributed by atoms with Gasteiger partial charge in [0.05, 0.1) is 28.2 Å². The van der Waals surface area contributed by atoms with Crippen LogP contribution >= 0.6 is 11.8 Å². The molecule has 1 aliphatic heterocycles. The van der Waals surface area contributed by atoms with Gasteiger partial charge in [0.15, 0.2) is 0 Å². The Morgan fingerprint density at radius 3 is 2.52 bits per heavy atom. The molecular formula is C26H18F3N3O7S. The number of anilines is 1. The van der Waals surface area contributed by atoms with E-state index in [2.05, 4.69) is 5.32 Å². The first-order valence-corrected chi connectivity index (χ1v) is 12.1. The Morgan fingerprint density at radius 1 is 1.07 bits per heavy atom. The summed E-state index contributed by atoms with van der Waals surface area (Å²) in [6, 6.07) is 14.3. The van der Waals surface area contributed by atoms with Gasteiger partial charge in [-0.2, -0.15) is 13.2 Å². The molecule has 0 aromatic heterocycles. The van der Waals surface area contributed by atoms with Crippen molar-refractivity contribution >= 4 is 46.3 Å². The van der Waals surface area contributed by atoms with Crippen LogP contribution in [0.15, 0.2) is 71.6 Å². The molecule has 1 heterocycles. The number of carbonyl (C=O) groups excluding carboxylic acids is 3. The van der Waals surface area contributed by atoms with E-state index >= 15 is 0 Å². The van der Waals surface area contributed by atoms with Crippen LogP contribution in [0, 0.1) is 10.1 Å². The third-order valence-electron chi connectivity index (χ3n) is 5.42. The molecule has 14 heteroatoms. The number of nitrogens with zero attached hydrogens (tertiary/aromatic N) is 2. The first kappa shape index (κ1) is 28.2. The van der Waals surface area contributed by atoms with Crippen molar-refractivity contribution in [2.75, 3.05) is 19.0 Å². The lowest BCUT2D eigenvalue weighted by atomic mass is 10.1. The van der Waals surface area contributed by atoms with Crippen LogP contribution in [0.1, 0.15) is 11.1 Å². The molecule has 1 fully saturated rings. The van der Waals surface area contributed by atoms with Crippen molar-refractivity contribution in [1.29, 1.82) is 0 Å². The summed E-state index contributed by atoms with van der Waals surface area (Å²) >= 11 is 0.610. The fraction of sp³-hybridized carbons (Fsp3) is 0.115. The minimum absolute atomic E-state index is 0.00718. The standard InChI is InChI=1S/C26H18F3N3O7S/c1-38-20-8-3-2-7-18(20)30-23(33)14-31-24(34)22(40-25(31)35)12-15-5-4-6-17(11-15)39-21-10-9-16(26(27,28)29)13-19(21)32(36)37/h2-13H,14H2,1H3,(H,30,33)/b22-12+.